The van der Waals surface area contributed by atoms with E-state index in [2.05, 4.69) is 5.32 Å². The number of nitrogens with one attached hydrogen (secondary N) is 1. The molecule has 2 aromatic rings. The standard InChI is InChI=1S/C26H33Cl2N3O5S/c1-4-22(26(33)29-21-7-5-6-8-21)30(16-18-9-11-19(27)12-10-18)25(32)17-31(37(3,34)35)23-15-20(28)13-14-24(23)36-2/h9-15,21-22H,4-8,16-17H2,1-3H3,(H,29,33)/t22-/m1/s1. The number of amides is 2. The number of methoxy groups -OCH3 is 1. The fraction of sp³-hybridized carbons (Fsp3) is 0.462. The molecule has 0 spiro atoms. The lowest BCUT2D eigenvalue weighted by atomic mass is 10.1. The summed E-state index contributed by atoms with van der Waals surface area (Å²) < 4.78 is 32.0. The average Bonchev–Trinajstić information content (AvgIpc) is 3.35. The van der Waals surface area contributed by atoms with E-state index < -0.39 is 28.5 Å². The number of carbonyl (C=O) groups is 2. The van der Waals surface area contributed by atoms with Gasteiger partial charge in [0.05, 0.1) is 19.1 Å². The highest BCUT2D eigenvalue weighted by Crippen LogP contribution is 2.33. The molecular weight excluding hydrogens is 537 g/mol. The van der Waals surface area contributed by atoms with Crippen LogP contribution in [0.3, 0.4) is 0 Å². The molecule has 202 valence electrons. The number of hydrogen-bond acceptors (Lipinski definition) is 5. The summed E-state index contributed by atoms with van der Waals surface area (Å²) in [6.45, 7) is 1.41. The molecule has 1 atom stereocenters. The predicted octanol–water partition coefficient (Wildman–Crippen LogP) is 4.63. The van der Waals surface area contributed by atoms with Gasteiger partial charge in [0, 0.05) is 22.6 Å². The molecule has 2 amide bonds. The van der Waals surface area contributed by atoms with Gasteiger partial charge < -0.3 is 15.0 Å². The van der Waals surface area contributed by atoms with E-state index in [1.807, 2.05) is 6.92 Å². The van der Waals surface area contributed by atoms with Gasteiger partial charge in [0.15, 0.2) is 0 Å². The number of nitrogens with zero attached hydrogens (tertiary/aromatic N) is 2. The van der Waals surface area contributed by atoms with Crippen molar-refractivity contribution >= 4 is 50.7 Å². The zero-order valence-electron chi connectivity index (χ0n) is 21.2. The molecule has 1 N–H and O–H groups in total. The van der Waals surface area contributed by atoms with Crippen molar-refractivity contribution in [2.45, 2.75) is 57.7 Å². The van der Waals surface area contributed by atoms with Gasteiger partial charge in [-0.2, -0.15) is 0 Å². The molecule has 1 fully saturated rings. The fourth-order valence-corrected chi connectivity index (χ4v) is 5.66. The van der Waals surface area contributed by atoms with Crippen LogP contribution < -0.4 is 14.4 Å². The summed E-state index contributed by atoms with van der Waals surface area (Å²) in [7, 11) is -2.51. The van der Waals surface area contributed by atoms with Gasteiger partial charge in [0.1, 0.15) is 18.3 Å². The van der Waals surface area contributed by atoms with Crippen molar-refractivity contribution < 1.29 is 22.7 Å². The lowest BCUT2D eigenvalue weighted by Crippen LogP contribution is -2.53. The number of rotatable bonds is 11. The Morgan fingerprint density at radius 2 is 1.70 bits per heavy atom. The molecule has 0 aliphatic heterocycles. The van der Waals surface area contributed by atoms with Crippen LogP contribution in [0.2, 0.25) is 10.0 Å². The normalized spacial score (nSPS) is 14.7. The predicted molar refractivity (Wildman–Crippen MR) is 147 cm³/mol. The summed E-state index contributed by atoms with van der Waals surface area (Å²) >= 11 is 12.2. The van der Waals surface area contributed by atoms with E-state index in [9.17, 15) is 18.0 Å². The van der Waals surface area contributed by atoms with E-state index >= 15 is 0 Å². The summed E-state index contributed by atoms with van der Waals surface area (Å²) in [6.07, 6.45) is 5.29. The third-order valence-corrected chi connectivity index (χ3v) is 8.06. The minimum Gasteiger partial charge on any atom is -0.495 e. The van der Waals surface area contributed by atoms with E-state index in [1.165, 1.54) is 24.1 Å². The second-order valence-electron chi connectivity index (χ2n) is 9.15. The van der Waals surface area contributed by atoms with Crippen LogP contribution in [0, 0.1) is 0 Å². The summed E-state index contributed by atoms with van der Waals surface area (Å²) in [5.41, 5.74) is 0.900. The minimum absolute atomic E-state index is 0.0808. The number of anilines is 1. The van der Waals surface area contributed by atoms with E-state index in [0.29, 0.717) is 11.4 Å². The Kier molecular flexibility index (Phi) is 10.1. The maximum Gasteiger partial charge on any atom is 0.244 e. The lowest BCUT2D eigenvalue weighted by molar-refractivity contribution is -0.140. The Morgan fingerprint density at radius 3 is 2.27 bits per heavy atom. The Balaban J connectivity index is 1.96. The van der Waals surface area contributed by atoms with E-state index in [4.69, 9.17) is 27.9 Å². The van der Waals surface area contributed by atoms with Crippen molar-refractivity contribution in [2.75, 3.05) is 24.2 Å². The molecule has 37 heavy (non-hydrogen) atoms. The van der Waals surface area contributed by atoms with Gasteiger partial charge in [-0.3, -0.25) is 13.9 Å². The van der Waals surface area contributed by atoms with E-state index in [-0.39, 0.29) is 35.0 Å². The van der Waals surface area contributed by atoms with Gasteiger partial charge in [-0.15, -0.1) is 0 Å². The molecule has 1 aliphatic carbocycles. The number of halogens is 2. The van der Waals surface area contributed by atoms with Gasteiger partial charge in [-0.05, 0) is 55.2 Å². The van der Waals surface area contributed by atoms with Crippen LogP contribution in [0.4, 0.5) is 5.69 Å². The first kappa shape index (κ1) is 29.1. The van der Waals surface area contributed by atoms with Crippen LogP contribution in [-0.4, -0.2) is 57.1 Å². The van der Waals surface area contributed by atoms with E-state index in [0.717, 1.165) is 41.8 Å². The summed E-state index contributed by atoms with van der Waals surface area (Å²) in [4.78, 5) is 28.6. The zero-order valence-corrected chi connectivity index (χ0v) is 23.6. The van der Waals surface area contributed by atoms with Gasteiger partial charge in [0.25, 0.3) is 0 Å². The Bertz CT molecular complexity index is 1200. The molecule has 0 unspecified atom stereocenters. The smallest absolute Gasteiger partial charge is 0.244 e. The summed E-state index contributed by atoms with van der Waals surface area (Å²) in [5.74, 6) is -0.531. The van der Waals surface area contributed by atoms with Crippen LogP contribution in [0.25, 0.3) is 0 Å². The highest BCUT2D eigenvalue weighted by atomic mass is 35.5. The third-order valence-electron chi connectivity index (χ3n) is 6.44. The quantitative estimate of drug-likeness (QED) is 0.425. The maximum atomic E-state index is 13.8. The van der Waals surface area contributed by atoms with Crippen LogP contribution in [0.15, 0.2) is 42.5 Å². The fourth-order valence-electron chi connectivity index (χ4n) is 4.53. The zero-order chi connectivity index (χ0) is 27.2. The highest BCUT2D eigenvalue weighted by molar-refractivity contribution is 7.92. The van der Waals surface area contributed by atoms with Crippen molar-refractivity contribution in [1.29, 1.82) is 0 Å². The van der Waals surface area contributed by atoms with Crippen LogP contribution >= 0.6 is 23.2 Å². The average molecular weight is 571 g/mol. The number of carbonyl (C=O) groups excluding carboxylic acids is 2. The first-order valence-electron chi connectivity index (χ1n) is 12.2. The van der Waals surface area contributed by atoms with Crippen molar-refractivity contribution in [3.63, 3.8) is 0 Å². The molecule has 0 heterocycles. The number of benzene rings is 2. The number of sulfonamides is 1. The molecule has 8 nitrogen and oxygen atoms in total. The molecule has 1 aliphatic rings. The van der Waals surface area contributed by atoms with Crippen LogP contribution in [0.5, 0.6) is 5.75 Å². The van der Waals surface area contributed by atoms with Crippen molar-refractivity contribution in [1.82, 2.24) is 10.2 Å². The molecule has 2 aromatic carbocycles. The van der Waals surface area contributed by atoms with Crippen LogP contribution in [-0.2, 0) is 26.2 Å². The molecule has 3 rings (SSSR count). The first-order valence-corrected chi connectivity index (χ1v) is 14.8. The Labute approximate surface area is 228 Å². The minimum atomic E-state index is -3.92. The van der Waals surface area contributed by atoms with Crippen molar-refractivity contribution in [3.8, 4) is 5.75 Å². The van der Waals surface area contributed by atoms with Crippen molar-refractivity contribution in [3.05, 3.63) is 58.1 Å². The maximum absolute atomic E-state index is 13.8. The molecule has 1 saturated carbocycles. The Hall–Kier alpha value is -2.49. The molecule has 0 saturated heterocycles. The number of hydrogen-bond donors (Lipinski definition) is 1. The molecule has 11 heteroatoms. The second kappa shape index (κ2) is 12.8. The monoisotopic (exact) mass is 569 g/mol. The van der Waals surface area contributed by atoms with Crippen LogP contribution in [0.1, 0.15) is 44.6 Å². The molecule has 0 radical (unpaired) electrons. The first-order chi connectivity index (χ1) is 17.5. The second-order valence-corrected chi connectivity index (χ2v) is 11.9. The van der Waals surface area contributed by atoms with Gasteiger partial charge >= 0.3 is 0 Å². The van der Waals surface area contributed by atoms with E-state index in [1.54, 1.807) is 30.3 Å². The van der Waals surface area contributed by atoms with Gasteiger partial charge in [-0.25, -0.2) is 8.42 Å². The van der Waals surface area contributed by atoms with Crippen molar-refractivity contribution in [2.24, 2.45) is 0 Å². The SMILES string of the molecule is CC[C@H](C(=O)NC1CCCC1)N(Cc1ccc(Cl)cc1)C(=O)CN(c1cc(Cl)ccc1OC)S(C)(=O)=O. The summed E-state index contributed by atoms with van der Waals surface area (Å²) in [6, 6.07) is 10.8. The third kappa shape index (κ3) is 7.75. The number of ether oxygens (including phenoxy) is 1. The Morgan fingerprint density at radius 1 is 1.08 bits per heavy atom. The topological polar surface area (TPSA) is 96.0 Å². The largest absolute Gasteiger partial charge is 0.495 e. The summed E-state index contributed by atoms with van der Waals surface area (Å²) in [5, 5.41) is 3.91. The molecule has 0 aromatic heterocycles. The lowest BCUT2D eigenvalue weighted by Gasteiger charge is -2.33. The van der Waals surface area contributed by atoms with Gasteiger partial charge in [-0.1, -0.05) is 55.1 Å². The van der Waals surface area contributed by atoms with Gasteiger partial charge in [0.2, 0.25) is 21.8 Å². The highest BCUT2D eigenvalue weighted by Gasteiger charge is 2.33. The molecule has 0 bridgehead atoms. The molecular formula is C26H33Cl2N3O5S.